The van der Waals surface area contributed by atoms with Crippen LogP contribution in [0.25, 0.3) is 0 Å². The van der Waals surface area contributed by atoms with E-state index in [2.05, 4.69) is 41.0 Å². The molecule has 5 heteroatoms. The third kappa shape index (κ3) is 6.69. The fourth-order valence-electron chi connectivity index (χ4n) is 4.41. The molecule has 5 nitrogen and oxygen atoms in total. The number of aliphatic hydroxyl groups excluding tert-OH is 1. The molecule has 178 valence electrons. The predicted molar refractivity (Wildman–Crippen MR) is 137 cm³/mol. The first-order chi connectivity index (χ1) is 16.6. The van der Waals surface area contributed by atoms with Crippen LogP contribution in [0.3, 0.4) is 0 Å². The van der Waals surface area contributed by atoms with Gasteiger partial charge in [0.1, 0.15) is 18.5 Å². The second-order valence-electron chi connectivity index (χ2n) is 9.00. The van der Waals surface area contributed by atoms with Crippen molar-refractivity contribution >= 4 is 11.5 Å². The molecule has 0 amide bonds. The topological polar surface area (TPSA) is 53.0 Å². The van der Waals surface area contributed by atoms with Gasteiger partial charge < -0.3 is 14.7 Å². The summed E-state index contributed by atoms with van der Waals surface area (Å²) in [5.74, 6) is 0.602. The zero-order chi connectivity index (χ0) is 23.8. The number of para-hydroxylation sites is 1. The Balaban J connectivity index is 1.24. The van der Waals surface area contributed by atoms with E-state index in [4.69, 9.17) is 4.74 Å². The highest BCUT2D eigenvalue weighted by Crippen LogP contribution is 2.21. The van der Waals surface area contributed by atoms with Gasteiger partial charge in [0, 0.05) is 44.8 Å². The number of carbonyl (C=O) groups is 1. The summed E-state index contributed by atoms with van der Waals surface area (Å²) in [6.07, 6.45) is 0.515. The number of β-amino-alcohol motifs (C(OH)–C–C–N with tert-alkyl or cyclic N) is 1. The van der Waals surface area contributed by atoms with Crippen molar-refractivity contribution in [1.29, 1.82) is 0 Å². The fourth-order valence-corrected chi connectivity index (χ4v) is 4.41. The molecule has 3 aromatic carbocycles. The van der Waals surface area contributed by atoms with E-state index in [0.29, 0.717) is 30.7 Å². The molecule has 0 aromatic heterocycles. The predicted octanol–water partition coefficient (Wildman–Crippen LogP) is 4.37. The molecule has 0 aliphatic carbocycles. The monoisotopic (exact) mass is 458 g/mol. The summed E-state index contributed by atoms with van der Waals surface area (Å²) in [6, 6.07) is 25.9. The van der Waals surface area contributed by atoms with Crippen molar-refractivity contribution in [1.82, 2.24) is 4.90 Å². The average molecular weight is 459 g/mol. The Hall–Kier alpha value is -3.15. The molecule has 1 N–H and O–H groups in total. The van der Waals surface area contributed by atoms with Crippen LogP contribution in [0.15, 0.2) is 78.9 Å². The highest BCUT2D eigenvalue weighted by Gasteiger charge is 2.20. The van der Waals surface area contributed by atoms with E-state index < -0.39 is 6.10 Å². The Bertz CT molecular complexity index is 1060. The zero-order valence-corrected chi connectivity index (χ0v) is 19.9. The maximum Gasteiger partial charge on any atom is 0.166 e. The number of hydrogen-bond acceptors (Lipinski definition) is 5. The van der Waals surface area contributed by atoms with Crippen molar-refractivity contribution in [2.24, 2.45) is 0 Å². The summed E-state index contributed by atoms with van der Waals surface area (Å²) in [6.45, 7) is 6.53. The SMILES string of the molecule is Cc1cccc(N2CCN(CC(O)COc3ccccc3C(=O)CCc3ccccc3)CC2)c1. The molecule has 0 bridgehead atoms. The third-order valence-electron chi connectivity index (χ3n) is 6.31. The van der Waals surface area contributed by atoms with Crippen LogP contribution >= 0.6 is 0 Å². The van der Waals surface area contributed by atoms with E-state index in [1.165, 1.54) is 11.3 Å². The minimum absolute atomic E-state index is 0.0567. The number of piperazine rings is 1. The number of Topliss-reactive ketones (excluding diaryl/α,β-unsaturated/α-hetero) is 1. The smallest absolute Gasteiger partial charge is 0.166 e. The van der Waals surface area contributed by atoms with Crippen LogP contribution in [0.1, 0.15) is 27.9 Å². The first kappa shape index (κ1) is 24.0. The van der Waals surface area contributed by atoms with Gasteiger partial charge in [-0.15, -0.1) is 0 Å². The Morgan fingerprint density at radius 2 is 1.68 bits per heavy atom. The lowest BCUT2D eigenvalue weighted by Crippen LogP contribution is -2.49. The summed E-state index contributed by atoms with van der Waals surface area (Å²) < 4.78 is 5.91. The van der Waals surface area contributed by atoms with Crippen LogP contribution in [0.4, 0.5) is 5.69 Å². The Morgan fingerprint density at radius 1 is 0.941 bits per heavy atom. The van der Waals surface area contributed by atoms with Gasteiger partial charge in [-0.1, -0.05) is 54.6 Å². The molecule has 1 aliphatic rings. The molecule has 0 spiro atoms. The van der Waals surface area contributed by atoms with Gasteiger partial charge in [0.15, 0.2) is 5.78 Å². The van der Waals surface area contributed by atoms with E-state index in [-0.39, 0.29) is 12.4 Å². The minimum Gasteiger partial charge on any atom is -0.490 e. The molecule has 1 heterocycles. The van der Waals surface area contributed by atoms with Gasteiger partial charge in [0.25, 0.3) is 0 Å². The number of benzene rings is 3. The number of carbonyl (C=O) groups excluding carboxylic acids is 1. The van der Waals surface area contributed by atoms with E-state index in [1.807, 2.05) is 48.5 Å². The molecule has 1 fully saturated rings. The Kier molecular flexibility index (Phi) is 8.34. The van der Waals surface area contributed by atoms with Crippen molar-refractivity contribution < 1.29 is 14.6 Å². The van der Waals surface area contributed by atoms with Crippen LogP contribution in [-0.2, 0) is 6.42 Å². The summed E-state index contributed by atoms with van der Waals surface area (Å²) >= 11 is 0. The number of ketones is 1. The number of nitrogens with zero attached hydrogens (tertiary/aromatic N) is 2. The number of aryl methyl sites for hydroxylation is 2. The largest absolute Gasteiger partial charge is 0.490 e. The quantitative estimate of drug-likeness (QED) is 0.457. The van der Waals surface area contributed by atoms with E-state index in [1.54, 1.807) is 6.07 Å². The number of anilines is 1. The number of hydrogen-bond donors (Lipinski definition) is 1. The molecule has 4 rings (SSSR count). The molecular weight excluding hydrogens is 424 g/mol. The lowest BCUT2D eigenvalue weighted by molar-refractivity contribution is 0.0655. The second-order valence-corrected chi connectivity index (χ2v) is 9.00. The molecule has 0 saturated carbocycles. The van der Waals surface area contributed by atoms with Crippen LogP contribution in [0.5, 0.6) is 5.75 Å². The normalized spacial score (nSPS) is 15.2. The second kappa shape index (κ2) is 11.8. The van der Waals surface area contributed by atoms with Gasteiger partial charge >= 0.3 is 0 Å². The molecule has 0 radical (unpaired) electrons. The van der Waals surface area contributed by atoms with Gasteiger partial charge in [-0.05, 0) is 48.7 Å². The van der Waals surface area contributed by atoms with Crippen molar-refractivity contribution in [2.75, 3.05) is 44.2 Å². The molecule has 3 aromatic rings. The van der Waals surface area contributed by atoms with Crippen LogP contribution in [0.2, 0.25) is 0 Å². The van der Waals surface area contributed by atoms with Gasteiger partial charge in [-0.25, -0.2) is 0 Å². The van der Waals surface area contributed by atoms with Crippen molar-refractivity contribution in [3.05, 3.63) is 95.6 Å². The molecule has 1 saturated heterocycles. The number of ether oxygens (including phenoxy) is 1. The van der Waals surface area contributed by atoms with Crippen LogP contribution < -0.4 is 9.64 Å². The molecule has 34 heavy (non-hydrogen) atoms. The summed E-state index contributed by atoms with van der Waals surface area (Å²) in [5, 5.41) is 10.6. The van der Waals surface area contributed by atoms with E-state index in [0.717, 1.165) is 31.7 Å². The van der Waals surface area contributed by atoms with Crippen LogP contribution in [0, 0.1) is 6.92 Å². The standard InChI is InChI=1S/C29H34N2O3/c1-23-8-7-11-25(20-23)31-18-16-30(17-19-31)21-26(32)22-34-29-13-6-5-12-27(29)28(33)15-14-24-9-3-2-4-10-24/h2-13,20,26,32H,14-19,21-22H2,1H3. The number of aliphatic hydroxyl groups is 1. The zero-order valence-electron chi connectivity index (χ0n) is 19.9. The first-order valence-electron chi connectivity index (χ1n) is 12.1. The Labute approximate surface area is 202 Å². The summed E-state index contributed by atoms with van der Waals surface area (Å²) in [5.41, 5.74) is 4.26. The van der Waals surface area contributed by atoms with Gasteiger partial charge in [-0.3, -0.25) is 9.69 Å². The maximum absolute atomic E-state index is 12.8. The number of rotatable bonds is 10. The lowest BCUT2D eigenvalue weighted by Gasteiger charge is -2.37. The maximum atomic E-state index is 12.8. The van der Waals surface area contributed by atoms with Crippen molar-refractivity contribution in [3.8, 4) is 5.75 Å². The highest BCUT2D eigenvalue weighted by molar-refractivity contribution is 5.98. The van der Waals surface area contributed by atoms with Gasteiger partial charge in [0.2, 0.25) is 0 Å². The van der Waals surface area contributed by atoms with Crippen molar-refractivity contribution in [2.45, 2.75) is 25.9 Å². The molecular formula is C29H34N2O3. The average Bonchev–Trinajstić information content (AvgIpc) is 2.87. The molecule has 1 atom stereocenters. The van der Waals surface area contributed by atoms with Gasteiger partial charge in [0.05, 0.1) is 5.56 Å². The fraction of sp³-hybridized carbons (Fsp3) is 0.345. The van der Waals surface area contributed by atoms with Gasteiger partial charge in [-0.2, -0.15) is 0 Å². The summed E-state index contributed by atoms with van der Waals surface area (Å²) in [7, 11) is 0. The highest BCUT2D eigenvalue weighted by atomic mass is 16.5. The lowest BCUT2D eigenvalue weighted by atomic mass is 10.0. The molecule has 1 unspecified atom stereocenters. The van der Waals surface area contributed by atoms with Crippen molar-refractivity contribution in [3.63, 3.8) is 0 Å². The first-order valence-corrected chi connectivity index (χ1v) is 12.1. The molecule has 1 aliphatic heterocycles. The Morgan fingerprint density at radius 3 is 2.44 bits per heavy atom. The minimum atomic E-state index is -0.613. The van der Waals surface area contributed by atoms with E-state index in [9.17, 15) is 9.90 Å². The summed E-state index contributed by atoms with van der Waals surface area (Å²) in [4.78, 5) is 17.5. The third-order valence-corrected chi connectivity index (χ3v) is 6.31. The van der Waals surface area contributed by atoms with E-state index >= 15 is 0 Å². The van der Waals surface area contributed by atoms with Crippen LogP contribution in [-0.4, -0.2) is 61.2 Å².